The number of anilines is 3. The van der Waals surface area contributed by atoms with Crippen LogP contribution in [0.15, 0.2) is 70.1 Å². The van der Waals surface area contributed by atoms with Crippen molar-refractivity contribution in [2.75, 3.05) is 86.6 Å². The molecule has 38 heteroatoms. The van der Waals surface area contributed by atoms with Gasteiger partial charge in [0.1, 0.15) is 36.6 Å². The highest BCUT2D eigenvalue weighted by atomic mass is 32.2. The fourth-order valence-corrected chi connectivity index (χ4v) is 18.7. The number of nitrogens with zero attached hydrogens (tertiary/aromatic N) is 18. The fraction of sp³-hybridized carbons (Fsp3) is 0.610. The van der Waals surface area contributed by atoms with Crippen LogP contribution in [0.5, 0.6) is 0 Å². The van der Waals surface area contributed by atoms with Crippen molar-refractivity contribution in [3.63, 3.8) is 0 Å². The molecular weight excluding hydrogens is 1560 g/mol. The molecule has 0 radical (unpaired) electrons. The Morgan fingerprint density at radius 2 is 0.774 bits per heavy atom. The third-order valence-electron chi connectivity index (χ3n) is 22.5. The van der Waals surface area contributed by atoms with Crippen molar-refractivity contribution in [3.05, 3.63) is 106 Å². The summed E-state index contributed by atoms with van der Waals surface area (Å²) in [5, 5.41) is 68.2. The molecule has 17 rings (SSSR count). The Hall–Kier alpha value is -7.31. The standard InChI is InChI=1S/C27H34F2N6O4S.C26H32F2N6O3S.C24H30F2N6O4S/c1-5-10-40-26-30-24(34(4)18-12-15(18)14-6-7-16(28)17(29)11-14)21-25(31-26)35(33-32-21)19-13-20(37-9-8-36)23-22(19)38-27(2,3)39-23;1-6-9-38-25-29-23(33(4)17-11-14(17)13-7-8-15(27)16(28)10-13)20-24(30-25)34(32-31-20)18-12-19(35-5)22-21(18)36-26(2,3)37-22;1-3-8-37-24-27-22(31(2)16-10-13(16)12-4-5-14(25)15(26)9-12)19-23(28-24)32(30-29-19)17-11-18(36-7-6-33)21(35)20(17)34/h6-7,11,15,18-20,22-23,36H,5,8-10,12-13H2,1-4H3;7-8,10,14,17-19,21-22H,6,9,11-12H2,1-5H3;4-5,9,13,16-18,20-21,33-35H,3,6-8,10-11H2,1-2H3/t15-,18+,19+,20-,22-,23+;14-,17+,18+,19-,21-,22+;13-,16+,17+,18-,20-,21+/m000/s1. The summed E-state index contributed by atoms with van der Waals surface area (Å²) >= 11 is 4.65. The maximum Gasteiger partial charge on any atom is 0.191 e. The lowest BCUT2D eigenvalue weighted by Gasteiger charge is -2.24. The third-order valence-corrected chi connectivity index (χ3v) is 25.7. The van der Waals surface area contributed by atoms with E-state index in [1.165, 1.54) is 46.8 Å². The lowest BCUT2D eigenvalue weighted by atomic mass is 10.1. The molecular formula is C77H96F6N18O11S3. The van der Waals surface area contributed by atoms with E-state index in [0.717, 1.165) is 78.5 Å². The number of aliphatic hydroxyl groups is 4. The number of ether oxygens (including phenoxy) is 7. The monoisotopic (exact) mass is 1660 g/mol. The molecule has 6 saturated carbocycles. The number of benzene rings is 3. The van der Waals surface area contributed by atoms with Crippen molar-refractivity contribution in [2.24, 2.45) is 0 Å². The quantitative estimate of drug-likeness (QED) is 0.0201. The van der Waals surface area contributed by atoms with Crippen molar-refractivity contribution in [1.82, 2.24) is 74.9 Å². The molecule has 0 unspecified atom stereocenters. The molecule has 2 aliphatic heterocycles. The van der Waals surface area contributed by atoms with E-state index in [9.17, 15) is 41.7 Å². The summed E-state index contributed by atoms with van der Waals surface area (Å²) in [5.74, 6) is -2.02. The van der Waals surface area contributed by atoms with Gasteiger partial charge in [-0.15, -0.1) is 15.3 Å². The lowest BCUT2D eigenvalue weighted by Crippen LogP contribution is -2.33. The lowest BCUT2D eigenvalue weighted by molar-refractivity contribution is -0.171. The first kappa shape index (κ1) is 82.8. The number of likely N-dealkylation sites (N-methyl/N-ethyl adjacent to an activating group) is 3. The molecule has 8 fully saturated rings. The van der Waals surface area contributed by atoms with Crippen molar-refractivity contribution in [1.29, 1.82) is 0 Å². The second-order valence-electron chi connectivity index (χ2n) is 31.3. The van der Waals surface area contributed by atoms with Gasteiger partial charge < -0.3 is 68.3 Å². The van der Waals surface area contributed by atoms with Gasteiger partial charge in [-0.3, -0.25) is 0 Å². The minimum atomic E-state index is -1.15. The van der Waals surface area contributed by atoms with Crippen LogP contribution in [-0.4, -0.2) is 252 Å². The molecule has 115 heavy (non-hydrogen) atoms. The van der Waals surface area contributed by atoms with Gasteiger partial charge in [-0.05, 0) is 119 Å². The van der Waals surface area contributed by atoms with Crippen LogP contribution >= 0.6 is 35.3 Å². The smallest absolute Gasteiger partial charge is 0.191 e. The van der Waals surface area contributed by atoms with Crippen LogP contribution in [0, 0.1) is 34.9 Å². The molecule has 0 spiro atoms. The van der Waals surface area contributed by atoms with E-state index in [1.807, 2.05) is 63.3 Å². The average molecular weight is 1660 g/mol. The summed E-state index contributed by atoms with van der Waals surface area (Å²) in [5.41, 5.74) is 5.53. The average Bonchev–Trinajstić information content (AvgIpc) is 1.59. The van der Waals surface area contributed by atoms with Crippen molar-refractivity contribution >= 4 is 86.2 Å². The summed E-state index contributed by atoms with van der Waals surface area (Å²) in [4.78, 5) is 35.0. The minimum Gasteiger partial charge on any atom is -0.394 e. The van der Waals surface area contributed by atoms with Crippen LogP contribution in [-0.2, 0) is 33.2 Å². The molecule has 29 nitrogen and oxygen atoms in total. The van der Waals surface area contributed by atoms with Crippen LogP contribution < -0.4 is 14.7 Å². The number of hydrogen-bond donors (Lipinski definition) is 4. The van der Waals surface area contributed by atoms with E-state index in [-0.39, 0.29) is 117 Å². The zero-order chi connectivity index (χ0) is 81.2. The number of methoxy groups -OCH3 is 1. The van der Waals surface area contributed by atoms with Gasteiger partial charge >= 0.3 is 0 Å². The third kappa shape index (κ3) is 16.9. The van der Waals surface area contributed by atoms with Gasteiger partial charge in [0, 0.05) is 101 Å². The molecule has 4 N–H and O–H groups in total. The SMILES string of the molecule is CCCSc1nc(N(C)[C@@H]2C[C@H]2c2ccc(F)c(F)c2)c2nnn([C@@H]3C[C@H](OC)[C@H]4OC(C)(C)O[C@H]43)c2n1.CCCSc1nc(N(C)[C@@H]2C[C@H]2c2ccc(F)c(F)c2)c2nnn([C@@H]3C[C@H](OCCO)[C@@H](O)[C@H]3O)c2n1.CCCSc1nc(N(C)[C@@H]2C[C@H]2c2ccc(F)c(F)c2)c2nnn([C@@H]3C[C@H](OCCO)[C@H]4OC(C)(C)O[C@H]43)c2n1. The van der Waals surface area contributed by atoms with Crippen LogP contribution in [0.2, 0.25) is 0 Å². The number of thioether (sulfide) groups is 3. The maximum atomic E-state index is 13.9. The number of hydrogen-bond acceptors (Lipinski definition) is 29. The molecule has 6 aromatic heterocycles. The number of rotatable bonds is 28. The first-order valence-electron chi connectivity index (χ1n) is 39.1. The Morgan fingerprint density at radius 1 is 0.443 bits per heavy atom. The van der Waals surface area contributed by atoms with E-state index in [0.29, 0.717) is 79.3 Å². The molecule has 8 aliphatic rings. The van der Waals surface area contributed by atoms with Gasteiger partial charge in [0.15, 0.2) is 113 Å². The normalized spacial score (nSPS) is 28.6. The Labute approximate surface area is 672 Å². The van der Waals surface area contributed by atoms with Gasteiger partial charge in [0.05, 0.1) is 62.9 Å². The molecule has 18 atom stereocenters. The van der Waals surface area contributed by atoms with E-state index >= 15 is 0 Å². The number of aromatic nitrogens is 15. The Kier molecular flexibility index (Phi) is 24.6. The minimum absolute atomic E-state index is 0.00675. The highest BCUT2D eigenvalue weighted by Gasteiger charge is 2.58. The fourth-order valence-electron chi connectivity index (χ4n) is 16.6. The predicted octanol–water partition coefficient (Wildman–Crippen LogP) is 10.3. The summed E-state index contributed by atoms with van der Waals surface area (Å²) in [6, 6.07) is 11.3. The molecule has 0 amide bonds. The molecule has 6 aliphatic carbocycles. The van der Waals surface area contributed by atoms with E-state index in [2.05, 4.69) is 61.6 Å². The van der Waals surface area contributed by atoms with Gasteiger partial charge in [0.2, 0.25) is 0 Å². The largest absolute Gasteiger partial charge is 0.394 e. The van der Waals surface area contributed by atoms with Crippen LogP contribution in [0.25, 0.3) is 33.5 Å². The molecule has 3 aromatic carbocycles. The predicted molar refractivity (Wildman–Crippen MR) is 415 cm³/mol. The van der Waals surface area contributed by atoms with Gasteiger partial charge in [-0.25, -0.2) is 70.3 Å². The highest BCUT2D eigenvalue weighted by Crippen LogP contribution is 2.53. The summed E-state index contributed by atoms with van der Waals surface area (Å²) < 4.78 is 129. The maximum absolute atomic E-state index is 13.9. The van der Waals surface area contributed by atoms with Crippen LogP contribution in [0.3, 0.4) is 0 Å². The molecule has 2 saturated heterocycles. The molecule has 0 bridgehead atoms. The number of halogens is 6. The summed E-state index contributed by atoms with van der Waals surface area (Å²) in [7, 11) is 7.47. The summed E-state index contributed by atoms with van der Waals surface area (Å²) in [6.45, 7) is 13.8. The summed E-state index contributed by atoms with van der Waals surface area (Å²) in [6.07, 6.45) is 2.26. The van der Waals surface area contributed by atoms with E-state index in [4.69, 9.17) is 63.2 Å². The van der Waals surface area contributed by atoms with Crippen molar-refractivity contribution in [2.45, 2.75) is 242 Å². The second-order valence-corrected chi connectivity index (χ2v) is 34.5. The Morgan fingerprint density at radius 3 is 1.12 bits per heavy atom. The molecule has 9 aromatic rings. The number of aliphatic hydroxyl groups excluding tert-OH is 4. The molecule has 620 valence electrons. The molecule has 8 heterocycles. The topological polar surface area (TPSA) is 325 Å². The first-order chi connectivity index (χ1) is 55.2. The Balaban J connectivity index is 0.000000136. The Bertz CT molecular complexity index is 4970. The number of fused-ring (bicyclic) bond motifs is 5. The van der Waals surface area contributed by atoms with Crippen LogP contribution in [0.1, 0.15) is 159 Å². The zero-order valence-corrected chi connectivity index (χ0v) is 68.0. The van der Waals surface area contributed by atoms with Crippen LogP contribution in [0.4, 0.5) is 43.8 Å². The van der Waals surface area contributed by atoms with Crippen molar-refractivity contribution < 1.29 is 79.9 Å². The van der Waals surface area contributed by atoms with Gasteiger partial charge in [-0.2, -0.15) is 0 Å². The first-order valence-corrected chi connectivity index (χ1v) is 42.1. The van der Waals surface area contributed by atoms with E-state index in [1.54, 1.807) is 53.5 Å². The van der Waals surface area contributed by atoms with Gasteiger partial charge in [-0.1, -0.05) is 89.9 Å². The van der Waals surface area contributed by atoms with Gasteiger partial charge in [0.25, 0.3) is 0 Å². The van der Waals surface area contributed by atoms with E-state index < -0.39 is 70.8 Å². The zero-order valence-electron chi connectivity index (χ0n) is 65.6. The second kappa shape index (κ2) is 34.2. The van der Waals surface area contributed by atoms with Crippen molar-refractivity contribution in [3.8, 4) is 0 Å². The highest BCUT2D eigenvalue weighted by molar-refractivity contribution is 7.99.